The van der Waals surface area contributed by atoms with Gasteiger partial charge in [0.2, 0.25) is 5.82 Å². The molecule has 0 saturated heterocycles. The molecule has 2 N–H and O–H groups in total. The molecule has 10 nitrogen and oxygen atoms in total. The smallest absolute Gasteiger partial charge is 0.329 e. The Kier molecular flexibility index (Phi) is 5.22. The van der Waals surface area contributed by atoms with Crippen LogP contribution in [0.3, 0.4) is 0 Å². The molecule has 0 saturated carbocycles. The van der Waals surface area contributed by atoms with E-state index in [1.54, 1.807) is 12.1 Å². The largest absolute Gasteiger partial charge is 0.507 e. The molecule has 0 unspecified atom stereocenters. The molecule has 2 aromatic carbocycles. The van der Waals surface area contributed by atoms with Gasteiger partial charge in [-0.1, -0.05) is 21.1 Å². The Balaban J connectivity index is 1.68. The van der Waals surface area contributed by atoms with E-state index in [1.807, 2.05) is 0 Å². The molecule has 1 aromatic heterocycles. The highest BCUT2D eigenvalue weighted by Crippen LogP contribution is 2.21. The van der Waals surface area contributed by atoms with Crippen LogP contribution in [-0.2, 0) is 0 Å². The molecule has 0 bridgehead atoms. The summed E-state index contributed by atoms with van der Waals surface area (Å²) in [4.78, 5) is 26.0. The van der Waals surface area contributed by atoms with Gasteiger partial charge >= 0.3 is 11.8 Å². The number of aromatic hydroxyl groups is 1. The van der Waals surface area contributed by atoms with Crippen molar-refractivity contribution in [2.45, 2.75) is 0 Å². The fraction of sp³-hybridized carbons (Fsp3) is 0. The summed E-state index contributed by atoms with van der Waals surface area (Å²) in [6.45, 7) is 0. The monoisotopic (exact) mass is 431 g/mol. The maximum atomic E-state index is 12.0. The molecule has 0 aliphatic heterocycles. The molecule has 136 valence electrons. The van der Waals surface area contributed by atoms with Crippen molar-refractivity contribution in [3.05, 3.63) is 68.5 Å². The minimum atomic E-state index is -0.749. The first-order valence-electron chi connectivity index (χ1n) is 7.34. The summed E-state index contributed by atoms with van der Waals surface area (Å²) in [6, 6.07) is 10.2. The van der Waals surface area contributed by atoms with Crippen molar-refractivity contribution in [1.82, 2.24) is 15.6 Å². The molecule has 0 aliphatic rings. The molecule has 27 heavy (non-hydrogen) atoms. The van der Waals surface area contributed by atoms with Gasteiger partial charge in [0.05, 0.1) is 11.1 Å². The van der Waals surface area contributed by atoms with Crippen molar-refractivity contribution < 1.29 is 19.3 Å². The summed E-state index contributed by atoms with van der Waals surface area (Å²) >= 11 is 3.26. The van der Waals surface area contributed by atoms with Crippen LogP contribution < -0.4 is 5.43 Å². The summed E-state index contributed by atoms with van der Waals surface area (Å²) in [7, 11) is 0. The summed E-state index contributed by atoms with van der Waals surface area (Å²) in [6.07, 6.45) is 1.26. The summed E-state index contributed by atoms with van der Waals surface area (Å²) < 4.78 is 5.60. The van der Waals surface area contributed by atoms with E-state index in [9.17, 15) is 20.0 Å². The number of aromatic nitrogens is 2. The minimum Gasteiger partial charge on any atom is -0.507 e. The van der Waals surface area contributed by atoms with E-state index in [0.717, 1.165) is 4.47 Å². The number of nitro benzene ring substituents is 1. The van der Waals surface area contributed by atoms with Gasteiger partial charge in [0.1, 0.15) is 5.75 Å². The van der Waals surface area contributed by atoms with Gasteiger partial charge in [0.25, 0.3) is 5.69 Å². The SMILES string of the molecule is O=C(N/N=C/c1cc(Br)ccc1O)c1nc(-c2ccc([N+](=O)[O-])cc2)no1. The van der Waals surface area contributed by atoms with Crippen molar-refractivity contribution >= 4 is 33.7 Å². The molecule has 3 rings (SSSR count). The lowest BCUT2D eigenvalue weighted by Crippen LogP contribution is -2.18. The lowest BCUT2D eigenvalue weighted by molar-refractivity contribution is -0.384. The quantitative estimate of drug-likeness (QED) is 0.358. The molecule has 11 heteroatoms. The summed E-state index contributed by atoms with van der Waals surface area (Å²) in [5.41, 5.74) is 2.96. The van der Waals surface area contributed by atoms with E-state index in [0.29, 0.717) is 11.1 Å². The lowest BCUT2D eigenvalue weighted by Gasteiger charge is -1.99. The number of benzene rings is 2. The number of nitrogens with zero attached hydrogens (tertiary/aromatic N) is 4. The first-order valence-corrected chi connectivity index (χ1v) is 8.14. The zero-order valence-electron chi connectivity index (χ0n) is 13.4. The first-order chi connectivity index (χ1) is 12.9. The van der Waals surface area contributed by atoms with Gasteiger partial charge in [-0.2, -0.15) is 10.1 Å². The Hall–Kier alpha value is -3.60. The van der Waals surface area contributed by atoms with Crippen LogP contribution in [0, 0.1) is 10.1 Å². The lowest BCUT2D eigenvalue weighted by atomic mass is 10.2. The Labute approximate surface area is 159 Å². The predicted molar refractivity (Wildman–Crippen MR) is 97.3 cm³/mol. The second-order valence-corrected chi connectivity index (χ2v) is 6.05. The van der Waals surface area contributed by atoms with Crippen LogP contribution >= 0.6 is 15.9 Å². The van der Waals surface area contributed by atoms with Crippen molar-refractivity contribution in [3.8, 4) is 17.1 Å². The second kappa shape index (κ2) is 7.74. The van der Waals surface area contributed by atoms with Crippen LogP contribution in [0.2, 0.25) is 0 Å². The van der Waals surface area contributed by atoms with Gasteiger partial charge in [-0.3, -0.25) is 14.9 Å². The molecular weight excluding hydrogens is 422 g/mol. The highest BCUT2D eigenvalue weighted by molar-refractivity contribution is 9.10. The number of nitro groups is 1. The maximum absolute atomic E-state index is 12.0. The van der Waals surface area contributed by atoms with Gasteiger partial charge in [0.15, 0.2) is 0 Å². The van der Waals surface area contributed by atoms with Crippen LogP contribution in [0.15, 0.2) is 56.6 Å². The number of phenolic OH excluding ortho intramolecular Hbond substituents is 1. The van der Waals surface area contributed by atoms with Gasteiger partial charge in [-0.25, -0.2) is 5.43 Å². The molecule has 0 fully saturated rings. The summed E-state index contributed by atoms with van der Waals surface area (Å²) in [5.74, 6) is -0.988. The Morgan fingerprint density at radius 3 is 2.74 bits per heavy atom. The van der Waals surface area contributed by atoms with Crippen LogP contribution in [0.5, 0.6) is 5.75 Å². The topological polar surface area (TPSA) is 144 Å². The number of halogens is 1. The number of hydrogen-bond donors (Lipinski definition) is 2. The van der Waals surface area contributed by atoms with Crippen LogP contribution in [0.4, 0.5) is 5.69 Å². The number of phenols is 1. The molecule has 1 amide bonds. The number of carbonyl (C=O) groups excluding carboxylic acids is 1. The fourth-order valence-electron chi connectivity index (χ4n) is 2.00. The van der Waals surface area contributed by atoms with Gasteiger partial charge in [-0.05, 0) is 30.3 Å². The number of hydrogen-bond acceptors (Lipinski definition) is 8. The highest BCUT2D eigenvalue weighted by atomic mass is 79.9. The molecule has 0 aliphatic carbocycles. The molecule has 1 heterocycles. The van der Waals surface area contributed by atoms with Gasteiger partial charge in [-0.15, -0.1) is 0 Å². The normalized spacial score (nSPS) is 10.9. The van der Waals surface area contributed by atoms with Crippen molar-refractivity contribution in [2.75, 3.05) is 0 Å². The fourth-order valence-corrected chi connectivity index (χ4v) is 2.38. The van der Waals surface area contributed by atoms with Crippen LogP contribution in [-0.4, -0.2) is 32.3 Å². The number of carbonyl (C=O) groups is 1. The maximum Gasteiger partial charge on any atom is 0.329 e. The number of non-ortho nitro benzene ring substituents is 1. The third-order valence-corrected chi connectivity index (χ3v) is 3.81. The molecular formula is C16H10BrN5O5. The minimum absolute atomic E-state index is 0.00514. The predicted octanol–water partition coefficient (Wildman–Crippen LogP) is 2.88. The third kappa shape index (κ3) is 4.33. The Bertz CT molecular complexity index is 1030. The summed E-state index contributed by atoms with van der Waals surface area (Å²) in [5, 5.41) is 27.7. The second-order valence-electron chi connectivity index (χ2n) is 5.13. The Morgan fingerprint density at radius 2 is 2.04 bits per heavy atom. The number of rotatable bonds is 5. The average molecular weight is 432 g/mol. The van der Waals surface area contributed by atoms with E-state index < -0.39 is 10.8 Å². The zero-order valence-corrected chi connectivity index (χ0v) is 15.0. The van der Waals surface area contributed by atoms with Gasteiger partial charge in [0, 0.05) is 27.7 Å². The molecule has 0 spiro atoms. The third-order valence-electron chi connectivity index (χ3n) is 3.32. The molecule has 0 radical (unpaired) electrons. The van der Waals surface area contributed by atoms with Crippen LogP contribution in [0.1, 0.15) is 16.2 Å². The molecule has 3 aromatic rings. The number of hydrazone groups is 1. The molecule has 0 atom stereocenters. The van der Waals surface area contributed by atoms with Crippen molar-refractivity contribution in [2.24, 2.45) is 5.10 Å². The van der Waals surface area contributed by atoms with Crippen molar-refractivity contribution in [1.29, 1.82) is 0 Å². The van der Waals surface area contributed by atoms with E-state index in [1.165, 1.54) is 36.5 Å². The highest BCUT2D eigenvalue weighted by Gasteiger charge is 2.16. The zero-order chi connectivity index (χ0) is 19.4. The van der Waals surface area contributed by atoms with Crippen LogP contribution in [0.25, 0.3) is 11.4 Å². The van der Waals surface area contributed by atoms with Crippen molar-refractivity contribution in [3.63, 3.8) is 0 Å². The van der Waals surface area contributed by atoms with E-state index >= 15 is 0 Å². The number of amides is 1. The van der Waals surface area contributed by atoms with E-state index in [2.05, 4.69) is 36.6 Å². The first kappa shape index (κ1) is 18.2. The Morgan fingerprint density at radius 1 is 1.30 bits per heavy atom. The van der Waals surface area contributed by atoms with Gasteiger partial charge < -0.3 is 9.63 Å². The van der Waals surface area contributed by atoms with E-state index in [-0.39, 0.29) is 23.2 Å². The average Bonchev–Trinajstić information content (AvgIpc) is 3.15. The standard InChI is InChI=1S/C16H10BrN5O5/c17-11-3-6-13(23)10(7-11)8-18-20-15(24)16-19-14(21-27-16)9-1-4-12(5-2-9)22(25)26/h1-8,23H,(H,20,24)/b18-8+. The number of nitrogens with one attached hydrogen (secondary N) is 1. The van der Waals surface area contributed by atoms with E-state index in [4.69, 9.17) is 4.52 Å².